The van der Waals surface area contributed by atoms with E-state index in [-0.39, 0.29) is 17.0 Å². The highest BCUT2D eigenvalue weighted by Crippen LogP contribution is 2.33. The number of sulfonamides is 1. The van der Waals surface area contributed by atoms with Crippen LogP contribution in [0, 0.1) is 20.8 Å². The molecule has 0 fully saturated rings. The molecular weight excluding hydrogens is 382 g/mol. The van der Waals surface area contributed by atoms with E-state index in [1.54, 1.807) is 53.1 Å². The van der Waals surface area contributed by atoms with E-state index in [9.17, 15) is 18.3 Å². The average molecular weight is 403 g/mol. The summed E-state index contributed by atoms with van der Waals surface area (Å²) in [5, 5.41) is 13.3. The standard InChI is InChI=1S/C18H21N5O4S/c1-10(2)23(15-13(5)12(4)6-7-14(15)16(24)25)28(26,27)18-20-17-19-8-11(3)9-22(17)21-18/h6-10H,1-5H3,(H,24,25). The third-order valence-electron chi connectivity index (χ3n) is 4.41. The number of carboxylic acid groups (broad SMARTS) is 1. The molecule has 3 aromatic rings. The first kappa shape index (κ1) is 19.7. The maximum Gasteiger partial charge on any atom is 0.337 e. The van der Waals surface area contributed by atoms with Gasteiger partial charge in [0.25, 0.3) is 10.9 Å². The van der Waals surface area contributed by atoms with Crippen molar-refractivity contribution < 1.29 is 18.3 Å². The Kier molecular flexibility index (Phi) is 4.84. The molecule has 9 nitrogen and oxygen atoms in total. The van der Waals surface area contributed by atoms with Crippen molar-refractivity contribution in [2.45, 2.75) is 45.8 Å². The van der Waals surface area contributed by atoms with Gasteiger partial charge in [-0.25, -0.2) is 14.3 Å². The summed E-state index contributed by atoms with van der Waals surface area (Å²) in [6.45, 7) is 8.64. The summed E-state index contributed by atoms with van der Waals surface area (Å²) in [5.74, 6) is -1.06. The maximum absolute atomic E-state index is 13.4. The Hall–Kier alpha value is -3.01. The molecule has 0 amide bonds. The molecule has 1 N–H and O–H groups in total. The van der Waals surface area contributed by atoms with Crippen molar-refractivity contribution in [1.29, 1.82) is 0 Å². The van der Waals surface area contributed by atoms with E-state index in [0.717, 1.165) is 15.4 Å². The van der Waals surface area contributed by atoms with Crippen molar-refractivity contribution >= 4 is 27.5 Å². The second-order valence-corrected chi connectivity index (χ2v) is 8.58. The molecule has 0 spiro atoms. The zero-order valence-electron chi connectivity index (χ0n) is 16.2. The third-order valence-corrected chi connectivity index (χ3v) is 6.17. The van der Waals surface area contributed by atoms with Crippen LogP contribution in [0.5, 0.6) is 0 Å². The van der Waals surface area contributed by atoms with Crippen LogP contribution in [-0.2, 0) is 10.0 Å². The van der Waals surface area contributed by atoms with Gasteiger partial charge in [-0.3, -0.25) is 4.31 Å². The van der Waals surface area contributed by atoms with Crippen molar-refractivity contribution in [1.82, 2.24) is 19.6 Å². The van der Waals surface area contributed by atoms with Crippen molar-refractivity contribution in [2.24, 2.45) is 0 Å². The van der Waals surface area contributed by atoms with Crippen molar-refractivity contribution in [3.05, 3.63) is 46.8 Å². The van der Waals surface area contributed by atoms with Gasteiger partial charge in [0.1, 0.15) is 0 Å². The average Bonchev–Trinajstić information content (AvgIpc) is 3.02. The van der Waals surface area contributed by atoms with Gasteiger partial charge in [-0.15, -0.1) is 5.10 Å². The fraction of sp³-hybridized carbons (Fsp3) is 0.333. The molecule has 0 unspecified atom stereocenters. The quantitative estimate of drug-likeness (QED) is 0.695. The Balaban J connectivity index is 2.27. The minimum Gasteiger partial charge on any atom is -0.478 e. The zero-order valence-corrected chi connectivity index (χ0v) is 17.0. The van der Waals surface area contributed by atoms with Crippen LogP contribution in [0.2, 0.25) is 0 Å². The first-order valence-electron chi connectivity index (χ1n) is 8.61. The Labute approximate surface area is 162 Å². The smallest absolute Gasteiger partial charge is 0.337 e. The van der Waals surface area contributed by atoms with Gasteiger partial charge in [0.15, 0.2) is 0 Å². The first-order chi connectivity index (χ1) is 13.0. The Morgan fingerprint density at radius 2 is 1.89 bits per heavy atom. The van der Waals surface area contributed by atoms with Crippen LogP contribution in [0.4, 0.5) is 5.69 Å². The number of aromatic carboxylic acids is 1. The number of anilines is 1. The largest absolute Gasteiger partial charge is 0.478 e. The van der Waals surface area contributed by atoms with Crippen molar-refractivity contribution in [2.75, 3.05) is 4.31 Å². The van der Waals surface area contributed by atoms with Gasteiger partial charge in [-0.2, -0.15) is 13.4 Å². The Morgan fingerprint density at radius 1 is 1.21 bits per heavy atom. The van der Waals surface area contributed by atoms with Gasteiger partial charge in [-0.1, -0.05) is 6.07 Å². The van der Waals surface area contributed by atoms with Gasteiger partial charge in [0.05, 0.1) is 11.3 Å². The second kappa shape index (κ2) is 6.86. The molecule has 2 aromatic heterocycles. The number of carbonyl (C=O) groups is 1. The lowest BCUT2D eigenvalue weighted by atomic mass is 10.0. The number of fused-ring (bicyclic) bond motifs is 1. The van der Waals surface area contributed by atoms with Crippen LogP contribution in [0.3, 0.4) is 0 Å². The number of nitrogens with zero attached hydrogens (tertiary/aromatic N) is 5. The van der Waals surface area contributed by atoms with Crippen LogP contribution >= 0.6 is 0 Å². The van der Waals surface area contributed by atoms with E-state index < -0.39 is 27.2 Å². The fourth-order valence-corrected chi connectivity index (χ4v) is 4.56. The number of rotatable bonds is 5. The highest BCUT2D eigenvalue weighted by atomic mass is 32.2. The van der Waals surface area contributed by atoms with Crippen LogP contribution < -0.4 is 4.31 Å². The predicted octanol–water partition coefficient (Wildman–Crippen LogP) is 2.35. The molecule has 0 atom stereocenters. The molecule has 28 heavy (non-hydrogen) atoms. The minimum atomic E-state index is -4.24. The number of benzene rings is 1. The van der Waals surface area contributed by atoms with E-state index in [4.69, 9.17) is 0 Å². The van der Waals surface area contributed by atoms with Crippen molar-refractivity contribution in [3.63, 3.8) is 0 Å². The van der Waals surface area contributed by atoms with E-state index in [1.807, 2.05) is 0 Å². The lowest BCUT2D eigenvalue weighted by Crippen LogP contribution is -2.39. The lowest BCUT2D eigenvalue weighted by Gasteiger charge is -2.30. The Bertz CT molecular complexity index is 1180. The second-order valence-electron chi connectivity index (χ2n) is 6.87. The van der Waals surface area contributed by atoms with E-state index in [2.05, 4.69) is 15.1 Å². The highest BCUT2D eigenvalue weighted by Gasteiger charge is 2.35. The number of hydrogen-bond acceptors (Lipinski definition) is 6. The number of aryl methyl sites for hydroxylation is 2. The van der Waals surface area contributed by atoms with Gasteiger partial charge in [0.2, 0.25) is 0 Å². The summed E-state index contributed by atoms with van der Waals surface area (Å²) in [7, 11) is -4.24. The van der Waals surface area contributed by atoms with E-state index in [1.165, 1.54) is 10.6 Å². The minimum absolute atomic E-state index is 0.0990. The summed E-state index contributed by atoms with van der Waals surface area (Å²) in [6, 6.07) is 2.50. The van der Waals surface area contributed by atoms with Crippen molar-refractivity contribution in [3.8, 4) is 0 Å². The topological polar surface area (TPSA) is 118 Å². The first-order valence-corrected chi connectivity index (χ1v) is 10.0. The molecule has 0 saturated carbocycles. The molecule has 10 heteroatoms. The molecule has 1 aromatic carbocycles. The summed E-state index contributed by atoms with van der Waals surface area (Å²) in [4.78, 5) is 19.9. The molecule has 0 aliphatic heterocycles. The predicted molar refractivity (Wildman–Crippen MR) is 103 cm³/mol. The number of aromatic nitrogens is 4. The zero-order chi connectivity index (χ0) is 20.8. The molecular formula is C18H21N5O4S. The molecule has 0 aliphatic rings. The molecule has 0 bridgehead atoms. The summed E-state index contributed by atoms with van der Waals surface area (Å²) < 4.78 is 29.2. The molecule has 148 valence electrons. The van der Waals surface area contributed by atoms with E-state index >= 15 is 0 Å². The maximum atomic E-state index is 13.4. The van der Waals surface area contributed by atoms with E-state index in [0.29, 0.717) is 5.56 Å². The fourth-order valence-electron chi connectivity index (χ4n) is 2.97. The van der Waals surface area contributed by atoms with Crippen LogP contribution in [0.25, 0.3) is 5.78 Å². The van der Waals surface area contributed by atoms with Gasteiger partial charge in [0, 0.05) is 18.4 Å². The summed E-state index contributed by atoms with van der Waals surface area (Å²) in [6.07, 6.45) is 3.18. The van der Waals surface area contributed by atoms with Gasteiger partial charge < -0.3 is 5.11 Å². The Morgan fingerprint density at radius 3 is 2.50 bits per heavy atom. The summed E-state index contributed by atoms with van der Waals surface area (Å²) >= 11 is 0. The normalized spacial score (nSPS) is 11.9. The van der Waals surface area contributed by atoms with Gasteiger partial charge in [-0.05, 0) is 57.4 Å². The SMILES string of the molecule is Cc1cnc2nc(S(=O)(=O)N(c3c(C(=O)O)ccc(C)c3C)C(C)C)nn2c1. The molecule has 0 saturated heterocycles. The number of carboxylic acids is 1. The number of hydrogen-bond donors (Lipinski definition) is 1. The van der Waals surface area contributed by atoms with Gasteiger partial charge >= 0.3 is 16.0 Å². The molecule has 2 heterocycles. The molecule has 0 aliphatic carbocycles. The summed E-state index contributed by atoms with van der Waals surface area (Å²) in [5.41, 5.74) is 2.16. The third kappa shape index (κ3) is 3.19. The highest BCUT2D eigenvalue weighted by molar-refractivity contribution is 7.92. The molecule has 0 radical (unpaired) electrons. The molecule has 3 rings (SSSR count). The van der Waals surface area contributed by atoms with Crippen LogP contribution in [0.1, 0.15) is 40.9 Å². The van der Waals surface area contributed by atoms with Crippen LogP contribution in [-0.4, -0.2) is 45.1 Å². The van der Waals surface area contributed by atoms with Crippen LogP contribution in [0.15, 0.2) is 29.7 Å². The lowest BCUT2D eigenvalue weighted by molar-refractivity contribution is 0.0697. The monoisotopic (exact) mass is 403 g/mol.